The van der Waals surface area contributed by atoms with Gasteiger partial charge in [0.05, 0.1) is 29.3 Å². The number of hydrogen-bond donors (Lipinski definition) is 1. The number of esters is 2. The molecule has 6 nitrogen and oxygen atoms in total. The van der Waals surface area contributed by atoms with Gasteiger partial charge in [-0.25, -0.2) is 4.79 Å². The molecule has 0 saturated heterocycles. The second-order valence-corrected chi connectivity index (χ2v) is 8.18. The van der Waals surface area contributed by atoms with E-state index in [0.717, 1.165) is 0 Å². The first-order valence-electron chi connectivity index (χ1n) is 9.66. The molecule has 8 heteroatoms. The number of nitrogens with one attached hydrogen (secondary N) is 1. The number of ketones is 1. The maximum Gasteiger partial charge on any atom is 0.336 e. The highest BCUT2D eigenvalue weighted by atomic mass is 35.5. The minimum absolute atomic E-state index is 0.174. The van der Waals surface area contributed by atoms with Gasteiger partial charge in [0, 0.05) is 22.9 Å². The molecule has 1 N–H and O–H groups in total. The highest BCUT2D eigenvalue weighted by molar-refractivity contribution is 6.42. The number of carbonyl (C=O) groups is 3. The summed E-state index contributed by atoms with van der Waals surface area (Å²) in [4.78, 5) is 38.8. The molecule has 1 aromatic rings. The van der Waals surface area contributed by atoms with Crippen LogP contribution in [-0.2, 0) is 23.9 Å². The molecule has 1 aliphatic heterocycles. The van der Waals surface area contributed by atoms with Gasteiger partial charge in [-0.05, 0) is 37.8 Å². The van der Waals surface area contributed by atoms with E-state index < -0.39 is 29.6 Å². The average Bonchev–Trinajstić information content (AvgIpc) is 2.69. The molecular formula is C22H23Cl2NO5. The summed E-state index contributed by atoms with van der Waals surface area (Å²) in [6.45, 7) is 5.46. The fourth-order valence-electron chi connectivity index (χ4n) is 4.21. The summed E-state index contributed by atoms with van der Waals surface area (Å²) >= 11 is 12.7. The van der Waals surface area contributed by atoms with Gasteiger partial charge in [-0.2, -0.15) is 0 Å². The molecule has 3 rings (SSSR count). The minimum atomic E-state index is -0.960. The Balaban J connectivity index is 2.25. The highest BCUT2D eigenvalue weighted by Crippen LogP contribution is 2.47. The van der Waals surface area contributed by atoms with E-state index in [-0.39, 0.29) is 23.1 Å². The van der Waals surface area contributed by atoms with E-state index in [9.17, 15) is 14.4 Å². The molecular weight excluding hydrogens is 429 g/mol. The second-order valence-electron chi connectivity index (χ2n) is 7.40. The van der Waals surface area contributed by atoms with Crippen LogP contribution in [-0.4, -0.2) is 31.4 Å². The van der Waals surface area contributed by atoms with Crippen molar-refractivity contribution < 1.29 is 23.9 Å². The van der Waals surface area contributed by atoms with Crippen molar-refractivity contribution in [3.8, 4) is 0 Å². The lowest BCUT2D eigenvalue weighted by Gasteiger charge is -2.38. The number of halogens is 2. The lowest BCUT2D eigenvalue weighted by molar-refractivity contribution is -0.151. The predicted molar refractivity (Wildman–Crippen MR) is 113 cm³/mol. The molecule has 0 radical (unpaired) electrons. The van der Waals surface area contributed by atoms with Gasteiger partial charge in [-0.1, -0.05) is 42.3 Å². The van der Waals surface area contributed by atoms with Crippen molar-refractivity contribution in [1.82, 2.24) is 5.32 Å². The molecule has 0 amide bonds. The Morgan fingerprint density at radius 1 is 1.27 bits per heavy atom. The zero-order valence-electron chi connectivity index (χ0n) is 17.2. The van der Waals surface area contributed by atoms with Gasteiger partial charge in [-0.3, -0.25) is 9.59 Å². The molecule has 0 unspecified atom stereocenters. The molecule has 1 aliphatic carbocycles. The van der Waals surface area contributed by atoms with Crippen LogP contribution in [0.4, 0.5) is 0 Å². The third kappa shape index (κ3) is 3.74. The lowest BCUT2D eigenvalue weighted by atomic mass is 9.69. The number of methoxy groups -OCH3 is 1. The summed E-state index contributed by atoms with van der Waals surface area (Å²) < 4.78 is 10.1. The molecule has 0 spiro atoms. The van der Waals surface area contributed by atoms with Crippen LogP contribution in [0.25, 0.3) is 0 Å². The summed E-state index contributed by atoms with van der Waals surface area (Å²) in [6.07, 6.45) is 0.447. The molecule has 0 bridgehead atoms. The molecule has 160 valence electrons. The Labute approximate surface area is 185 Å². The maximum absolute atomic E-state index is 13.5. The number of hydrogen-bond acceptors (Lipinski definition) is 6. The van der Waals surface area contributed by atoms with Crippen molar-refractivity contribution in [2.45, 2.75) is 33.1 Å². The van der Waals surface area contributed by atoms with E-state index in [1.807, 2.05) is 6.92 Å². The minimum Gasteiger partial charge on any atom is -0.468 e. The van der Waals surface area contributed by atoms with Gasteiger partial charge in [0.15, 0.2) is 5.78 Å². The third-order valence-electron chi connectivity index (χ3n) is 5.53. The van der Waals surface area contributed by atoms with Crippen LogP contribution in [0.3, 0.4) is 0 Å². The van der Waals surface area contributed by atoms with E-state index in [1.165, 1.54) is 7.11 Å². The Morgan fingerprint density at radius 2 is 1.97 bits per heavy atom. The number of carbonyl (C=O) groups excluding carboxylic acids is 3. The Kier molecular flexibility index (Phi) is 6.58. The van der Waals surface area contributed by atoms with Crippen LogP contribution in [0.2, 0.25) is 10.0 Å². The van der Waals surface area contributed by atoms with Gasteiger partial charge >= 0.3 is 11.9 Å². The van der Waals surface area contributed by atoms with Gasteiger partial charge in [0.1, 0.15) is 5.92 Å². The number of dihydropyridines is 1. The van der Waals surface area contributed by atoms with Crippen LogP contribution < -0.4 is 5.32 Å². The normalized spacial score (nSPS) is 23.7. The van der Waals surface area contributed by atoms with Gasteiger partial charge in [0.25, 0.3) is 0 Å². The van der Waals surface area contributed by atoms with E-state index in [0.29, 0.717) is 34.0 Å². The zero-order valence-corrected chi connectivity index (χ0v) is 18.7. The van der Waals surface area contributed by atoms with Crippen molar-refractivity contribution in [1.29, 1.82) is 0 Å². The van der Waals surface area contributed by atoms with E-state index >= 15 is 0 Å². The fraction of sp³-hybridized carbons (Fsp3) is 0.409. The third-order valence-corrected chi connectivity index (χ3v) is 6.36. The zero-order chi connectivity index (χ0) is 22.2. The van der Waals surface area contributed by atoms with Crippen LogP contribution >= 0.6 is 23.2 Å². The molecule has 30 heavy (non-hydrogen) atoms. The Hall–Kier alpha value is -2.31. The van der Waals surface area contributed by atoms with Gasteiger partial charge in [0.2, 0.25) is 0 Å². The van der Waals surface area contributed by atoms with Crippen LogP contribution in [0, 0.1) is 11.8 Å². The number of benzene rings is 1. The molecule has 3 atom stereocenters. The maximum atomic E-state index is 13.5. The quantitative estimate of drug-likeness (QED) is 0.546. The topological polar surface area (TPSA) is 81.7 Å². The number of rotatable bonds is 4. The standard InChI is InChI=1S/C22H23Cl2NO5/c1-5-30-22(28)16-11(3)25-14-9-10(2)15(21(27)29-4)20(26)18(14)17(16)12-7-6-8-13(23)19(12)24/h6-8,10,15,17,25H,5,9H2,1-4H3/t10-,15-,17-/m1/s1. The van der Waals surface area contributed by atoms with E-state index in [2.05, 4.69) is 5.32 Å². The summed E-state index contributed by atoms with van der Waals surface area (Å²) in [5, 5.41) is 3.74. The summed E-state index contributed by atoms with van der Waals surface area (Å²) in [5.41, 5.74) is 2.34. The molecule has 0 saturated carbocycles. The van der Waals surface area contributed by atoms with Crippen molar-refractivity contribution in [2.24, 2.45) is 11.8 Å². The van der Waals surface area contributed by atoms with E-state index in [4.69, 9.17) is 32.7 Å². The number of ether oxygens (including phenoxy) is 2. The molecule has 1 aromatic carbocycles. The first-order chi connectivity index (χ1) is 14.2. The summed E-state index contributed by atoms with van der Waals surface area (Å²) in [6, 6.07) is 5.06. The van der Waals surface area contributed by atoms with E-state index in [1.54, 1.807) is 32.0 Å². The van der Waals surface area contributed by atoms with Crippen LogP contribution in [0.1, 0.15) is 38.7 Å². The SMILES string of the molecule is CCOC(=O)C1=C(C)NC2=C(C(=O)[C@H](C(=O)OC)[C@H](C)C2)[C@@H]1c1cccc(Cl)c1Cl. The van der Waals surface area contributed by atoms with Crippen LogP contribution in [0.5, 0.6) is 0 Å². The van der Waals surface area contributed by atoms with Crippen molar-refractivity contribution in [3.63, 3.8) is 0 Å². The molecule has 0 fully saturated rings. The Morgan fingerprint density at radius 3 is 2.60 bits per heavy atom. The molecule has 0 aromatic heterocycles. The number of allylic oxidation sites excluding steroid dienone is 3. The highest BCUT2D eigenvalue weighted by Gasteiger charge is 2.47. The Bertz CT molecular complexity index is 982. The summed E-state index contributed by atoms with van der Waals surface area (Å²) in [5.74, 6) is -3.58. The second kappa shape index (κ2) is 8.82. The fourth-order valence-corrected chi connectivity index (χ4v) is 4.63. The molecule has 1 heterocycles. The number of Topliss-reactive ketones (excluding diaryl/α,β-unsaturated/α-hetero) is 1. The summed E-state index contributed by atoms with van der Waals surface area (Å²) in [7, 11) is 1.25. The average molecular weight is 452 g/mol. The van der Waals surface area contributed by atoms with Crippen molar-refractivity contribution in [3.05, 3.63) is 56.3 Å². The monoisotopic (exact) mass is 451 g/mol. The van der Waals surface area contributed by atoms with Crippen molar-refractivity contribution >= 4 is 40.9 Å². The van der Waals surface area contributed by atoms with Crippen LogP contribution in [0.15, 0.2) is 40.7 Å². The van der Waals surface area contributed by atoms with Gasteiger partial charge < -0.3 is 14.8 Å². The van der Waals surface area contributed by atoms with Crippen molar-refractivity contribution in [2.75, 3.05) is 13.7 Å². The smallest absolute Gasteiger partial charge is 0.336 e. The first-order valence-corrected chi connectivity index (χ1v) is 10.4. The largest absolute Gasteiger partial charge is 0.468 e. The van der Waals surface area contributed by atoms with Gasteiger partial charge in [-0.15, -0.1) is 0 Å². The molecule has 2 aliphatic rings. The predicted octanol–water partition coefficient (Wildman–Crippen LogP) is 4.17. The lowest BCUT2D eigenvalue weighted by Crippen LogP contribution is -2.43. The first kappa shape index (κ1) is 22.4.